The van der Waals surface area contributed by atoms with Crippen molar-refractivity contribution in [3.8, 4) is 11.5 Å². The topological polar surface area (TPSA) is 103 Å². The highest BCUT2D eigenvalue weighted by atomic mass is 16.7. The van der Waals surface area contributed by atoms with Crippen LogP contribution >= 0.6 is 0 Å². The van der Waals surface area contributed by atoms with Crippen LogP contribution < -0.4 is 25.8 Å². The van der Waals surface area contributed by atoms with Crippen LogP contribution in [0.5, 0.6) is 11.5 Å². The van der Waals surface area contributed by atoms with E-state index in [1.54, 1.807) is 18.2 Å². The molecule has 7 heteroatoms. The third kappa shape index (κ3) is 3.11. The summed E-state index contributed by atoms with van der Waals surface area (Å²) in [5.41, 5.74) is 5.64. The van der Waals surface area contributed by atoms with Gasteiger partial charge in [-0.2, -0.15) is 0 Å². The van der Waals surface area contributed by atoms with Crippen LogP contribution in [-0.4, -0.2) is 24.8 Å². The summed E-state index contributed by atoms with van der Waals surface area (Å²) in [5.74, 6) is 0.791. The quantitative estimate of drug-likeness (QED) is 0.766. The van der Waals surface area contributed by atoms with Crippen LogP contribution in [-0.2, 0) is 4.79 Å². The average Bonchev–Trinajstić information content (AvgIpc) is 2.82. The van der Waals surface area contributed by atoms with Gasteiger partial charge in [0, 0.05) is 11.8 Å². The first-order valence-corrected chi connectivity index (χ1v) is 6.24. The molecule has 1 aromatic carbocycles. The van der Waals surface area contributed by atoms with Crippen LogP contribution in [0.3, 0.4) is 0 Å². The van der Waals surface area contributed by atoms with Gasteiger partial charge in [-0.05, 0) is 18.1 Å². The number of rotatable bonds is 4. The van der Waals surface area contributed by atoms with Crippen molar-refractivity contribution < 1.29 is 19.1 Å². The lowest BCUT2D eigenvalue weighted by atomic mass is 10.0. The molecule has 4 N–H and O–H groups in total. The molecule has 1 aliphatic heterocycles. The zero-order valence-corrected chi connectivity index (χ0v) is 11.3. The van der Waals surface area contributed by atoms with Crippen molar-refractivity contribution in [2.75, 3.05) is 12.1 Å². The summed E-state index contributed by atoms with van der Waals surface area (Å²) in [6.45, 7) is 3.81. The van der Waals surface area contributed by atoms with Gasteiger partial charge in [0.25, 0.3) is 0 Å². The maximum Gasteiger partial charge on any atom is 0.312 e. The molecule has 0 saturated heterocycles. The number of anilines is 1. The predicted molar refractivity (Wildman–Crippen MR) is 72.5 cm³/mol. The largest absolute Gasteiger partial charge is 0.454 e. The fraction of sp³-hybridized carbons (Fsp3) is 0.385. The van der Waals surface area contributed by atoms with Crippen LogP contribution in [0.4, 0.5) is 10.5 Å². The summed E-state index contributed by atoms with van der Waals surface area (Å²) in [4.78, 5) is 23.1. The Morgan fingerprint density at radius 2 is 1.95 bits per heavy atom. The minimum absolute atomic E-state index is 0.0866. The highest BCUT2D eigenvalue weighted by Crippen LogP contribution is 2.34. The summed E-state index contributed by atoms with van der Waals surface area (Å²) in [6, 6.07) is 3.65. The van der Waals surface area contributed by atoms with Gasteiger partial charge < -0.3 is 25.8 Å². The van der Waals surface area contributed by atoms with Gasteiger partial charge in [-0.25, -0.2) is 4.79 Å². The number of nitrogens with one attached hydrogen (secondary N) is 2. The van der Waals surface area contributed by atoms with Crippen LogP contribution in [0.1, 0.15) is 13.8 Å². The van der Waals surface area contributed by atoms with Gasteiger partial charge in [0.2, 0.25) is 12.7 Å². The van der Waals surface area contributed by atoms with Crippen molar-refractivity contribution in [3.05, 3.63) is 18.2 Å². The van der Waals surface area contributed by atoms with Crippen molar-refractivity contribution in [1.82, 2.24) is 5.32 Å². The Kier molecular flexibility index (Phi) is 3.97. The number of fused-ring (bicyclic) bond motifs is 1. The van der Waals surface area contributed by atoms with Crippen molar-refractivity contribution >= 4 is 17.6 Å². The minimum atomic E-state index is -0.732. The van der Waals surface area contributed by atoms with E-state index in [1.165, 1.54) is 0 Å². The second kappa shape index (κ2) is 5.68. The molecule has 1 atom stereocenters. The summed E-state index contributed by atoms with van der Waals surface area (Å²) in [6.07, 6.45) is 0. The molecule has 2 rings (SSSR count). The molecular formula is C13H17N3O4. The fourth-order valence-electron chi connectivity index (χ4n) is 1.88. The van der Waals surface area contributed by atoms with Gasteiger partial charge in [0.15, 0.2) is 11.5 Å². The molecule has 0 saturated carbocycles. The Morgan fingerprint density at radius 1 is 1.25 bits per heavy atom. The zero-order chi connectivity index (χ0) is 14.7. The second-order valence-corrected chi connectivity index (χ2v) is 4.79. The lowest BCUT2D eigenvalue weighted by molar-refractivity contribution is -0.118. The van der Waals surface area contributed by atoms with E-state index in [0.29, 0.717) is 17.2 Å². The minimum Gasteiger partial charge on any atom is -0.454 e. The number of ether oxygens (including phenoxy) is 2. The zero-order valence-electron chi connectivity index (χ0n) is 11.3. The molecule has 0 spiro atoms. The first-order valence-electron chi connectivity index (χ1n) is 6.24. The Hall–Kier alpha value is -2.44. The number of hydrogen-bond donors (Lipinski definition) is 3. The second-order valence-electron chi connectivity index (χ2n) is 4.79. The van der Waals surface area contributed by atoms with Gasteiger partial charge in [-0.15, -0.1) is 0 Å². The third-order valence-electron chi connectivity index (χ3n) is 2.89. The van der Waals surface area contributed by atoms with E-state index >= 15 is 0 Å². The number of primary amides is 1. The Balaban J connectivity index is 2.07. The van der Waals surface area contributed by atoms with Crippen molar-refractivity contribution in [3.63, 3.8) is 0 Å². The molecule has 1 aliphatic rings. The van der Waals surface area contributed by atoms with E-state index in [4.69, 9.17) is 15.2 Å². The Morgan fingerprint density at radius 3 is 2.60 bits per heavy atom. The number of benzene rings is 1. The Bertz CT molecular complexity index is 530. The van der Waals surface area contributed by atoms with Crippen LogP contribution in [0.2, 0.25) is 0 Å². The molecule has 1 heterocycles. The van der Waals surface area contributed by atoms with E-state index in [2.05, 4.69) is 10.6 Å². The van der Waals surface area contributed by atoms with Crippen molar-refractivity contribution in [2.24, 2.45) is 11.7 Å². The molecule has 0 bridgehead atoms. The van der Waals surface area contributed by atoms with Crippen LogP contribution in [0, 0.1) is 5.92 Å². The molecule has 0 unspecified atom stereocenters. The molecule has 108 valence electrons. The molecule has 0 radical (unpaired) electrons. The summed E-state index contributed by atoms with van der Waals surface area (Å²) in [7, 11) is 0. The monoisotopic (exact) mass is 279 g/mol. The summed E-state index contributed by atoms with van der Waals surface area (Å²) >= 11 is 0. The molecule has 0 fully saturated rings. The molecule has 3 amide bonds. The van der Waals surface area contributed by atoms with E-state index in [-0.39, 0.29) is 18.6 Å². The van der Waals surface area contributed by atoms with Gasteiger partial charge in [0.05, 0.1) is 0 Å². The maximum absolute atomic E-state index is 12.1. The van der Waals surface area contributed by atoms with E-state index in [0.717, 1.165) is 0 Å². The molecule has 1 aromatic rings. The van der Waals surface area contributed by atoms with Gasteiger partial charge in [-0.1, -0.05) is 13.8 Å². The molecule has 7 nitrogen and oxygen atoms in total. The molecular weight excluding hydrogens is 262 g/mol. The SMILES string of the molecule is CC(C)[C@@H](NC(N)=O)C(=O)Nc1ccc2c(c1)OCO2. The molecule has 0 aromatic heterocycles. The van der Waals surface area contributed by atoms with Gasteiger partial charge >= 0.3 is 6.03 Å². The number of urea groups is 1. The smallest absolute Gasteiger partial charge is 0.312 e. The number of carbonyl (C=O) groups is 2. The number of hydrogen-bond acceptors (Lipinski definition) is 4. The van der Waals surface area contributed by atoms with Gasteiger partial charge in [-0.3, -0.25) is 4.79 Å². The standard InChI is InChI=1S/C13H17N3O4/c1-7(2)11(16-13(14)18)12(17)15-8-3-4-9-10(5-8)20-6-19-9/h3-5,7,11H,6H2,1-2H3,(H,15,17)(H3,14,16,18)/t11-/m1/s1. The first kappa shape index (κ1) is 14.0. The lowest BCUT2D eigenvalue weighted by Gasteiger charge is -2.20. The van der Waals surface area contributed by atoms with E-state index < -0.39 is 12.1 Å². The van der Waals surface area contributed by atoms with Crippen molar-refractivity contribution in [1.29, 1.82) is 0 Å². The highest BCUT2D eigenvalue weighted by molar-refractivity contribution is 5.97. The highest BCUT2D eigenvalue weighted by Gasteiger charge is 2.24. The number of amides is 3. The lowest BCUT2D eigenvalue weighted by Crippen LogP contribution is -2.49. The number of carbonyl (C=O) groups excluding carboxylic acids is 2. The first-order chi connectivity index (χ1) is 9.47. The maximum atomic E-state index is 12.1. The Labute approximate surface area is 116 Å². The van der Waals surface area contributed by atoms with E-state index in [9.17, 15) is 9.59 Å². The normalized spacial score (nSPS) is 13.9. The predicted octanol–water partition coefficient (Wildman–Crippen LogP) is 1.05. The average molecular weight is 279 g/mol. The van der Waals surface area contributed by atoms with Gasteiger partial charge in [0.1, 0.15) is 6.04 Å². The fourth-order valence-corrected chi connectivity index (χ4v) is 1.88. The van der Waals surface area contributed by atoms with Crippen LogP contribution in [0.15, 0.2) is 18.2 Å². The van der Waals surface area contributed by atoms with Crippen LogP contribution in [0.25, 0.3) is 0 Å². The number of nitrogens with two attached hydrogens (primary N) is 1. The third-order valence-corrected chi connectivity index (χ3v) is 2.89. The van der Waals surface area contributed by atoms with E-state index in [1.807, 2.05) is 13.8 Å². The summed E-state index contributed by atoms with van der Waals surface area (Å²) in [5, 5.41) is 5.14. The molecule has 20 heavy (non-hydrogen) atoms. The molecule has 0 aliphatic carbocycles. The summed E-state index contributed by atoms with van der Waals surface area (Å²) < 4.78 is 10.4. The van der Waals surface area contributed by atoms with Crippen molar-refractivity contribution in [2.45, 2.75) is 19.9 Å².